The first kappa shape index (κ1) is 29.1. The molecule has 1 aliphatic heterocycles. The number of nitrogens with zero attached hydrogens (tertiary/aromatic N) is 4. The summed E-state index contributed by atoms with van der Waals surface area (Å²) in [5, 5.41) is 14.3. The Morgan fingerprint density at radius 2 is 1.22 bits per heavy atom. The minimum Gasteiger partial charge on any atom is -0.758 e. The summed E-state index contributed by atoms with van der Waals surface area (Å²) >= 11 is 0. The van der Waals surface area contributed by atoms with Crippen molar-refractivity contribution in [1.82, 2.24) is 14.9 Å². The lowest BCUT2D eigenvalue weighted by molar-refractivity contribution is -0.560. The second kappa shape index (κ2) is 13.8. The van der Waals surface area contributed by atoms with E-state index in [1.807, 2.05) is 0 Å². The van der Waals surface area contributed by atoms with Crippen LogP contribution in [-0.2, 0) is 38.1 Å². The molecule has 0 aromatic carbocycles. The van der Waals surface area contributed by atoms with Gasteiger partial charge in [0.25, 0.3) is 5.70 Å². The fourth-order valence-electron chi connectivity index (χ4n) is 4.36. The van der Waals surface area contributed by atoms with Gasteiger partial charge in [0.2, 0.25) is 6.04 Å². The maximum Gasteiger partial charge on any atom is 0.319 e. The molecule has 1 saturated carbocycles. The van der Waals surface area contributed by atoms with Gasteiger partial charge < -0.3 is 29.2 Å². The van der Waals surface area contributed by atoms with Crippen LogP contribution in [0.3, 0.4) is 0 Å². The van der Waals surface area contributed by atoms with Crippen LogP contribution >= 0.6 is 0 Å². The van der Waals surface area contributed by atoms with Crippen molar-refractivity contribution in [1.29, 1.82) is 0 Å². The van der Waals surface area contributed by atoms with E-state index in [0.717, 1.165) is 22.7 Å². The minimum atomic E-state index is -0.651. The maximum absolute atomic E-state index is 13.5. The SMILES string of the molecule is COC(=O)CN(CC(=O)OC)CC1=C(CN(CC(=O)OC)CC(=O)OC)[N+](=O)[C@H]2CCCC[C@H]2N1[O-]. The van der Waals surface area contributed by atoms with Crippen molar-refractivity contribution in [2.24, 2.45) is 0 Å². The van der Waals surface area contributed by atoms with Crippen molar-refractivity contribution in [3.8, 4) is 0 Å². The van der Waals surface area contributed by atoms with Gasteiger partial charge in [0, 0.05) is 22.6 Å². The predicted molar refractivity (Wildman–Crippen MR) is 123 cm³/mol. The Morgan fingerprint density at radius 1 is 0.806 bits per heavy atom. The third kappa shape index (κ3) is 7.70. The van der Waals surface area contributed by atoms with Gasteiger partial charge in [-0.15, -0.1) is 0 Å². The van der Waals surface area contributed by atoms with Crippen LogP contribution in [0.25, 0.3) is 0 Å². The standard InChI is InChI=1S/C22H34N4O10/c1-33-19(27)11-23(12-20(28)34-2)9-17-18(10-24(13-21(29)35-3)14-22(30)36-4)26(32)16-8-6-5-7-15(16)25(17)31/h15-16H,5-14H2,1-4H3/t15-,16+. The molecular formula is C22H34N4O10. The van der Waals surface area contributed by atoms with E-state index in [0.29, 0.717) is 12.8 Å². The molecule has 1 heterocycles. The number of hydroxylamine groups is 2. The zero-order valence-electron chi connectivity index (χ0n) is 21.1. The monoisotopic (exact) mass is 514 g/mol. The molecule has 0 aromatic heterocycles. The molecule has 36 heavy (non-hydrogen) atoms. The number of fused-ring (bicyclic) bond motifs is 1. The summed E-state index contributed by atoms with van der Waals surface area (Å²) in [6, 6.07) is -1.22. The number of ether oxygens (including phenoxy) is 4. The van der Waals surface area contributed by atoms with Crippen molar-refractivity contribution < 1.29 is 42.9 Å². The number of methoxy groups -OCH3 is 4. The molecule has 0 spiro atoms. The maximum atomic E-state index is 13.5. The van der Waals surface area contributed by atoms with Gasteiger partial charge in [-0.2, -0.15) is 0 Å². The van der Waals surface area contributed by atoms with Gasteiger partial charge in [0.1, 0.15) is 0 Å². The van der Waals surface area contributed by atoms with Crippen molar-refractivity contribution >= 4 is 23.9 Å². The summed E-state index contributed by atoms with van der Waals surface area (Å²) in [4.78, 5) is 64.1. The summed E-state index contributed by atoms with van der Waals surface area (Å²) in [5.74, 6) is -2.60. The third-order valence-electron chi connectivity index (χ3n) is 6.23. The topological polar surface area (TPSA) is 158 Å². The second-order valence-corrected chi connectivity index (χ2v) is 8.56. The molecule has 0 aromatic rings. The van der Waals surface area contributed by atoms with Crippen molar-refractivity contribution in [2.75, 3.05) is 67.7 Å². The summed E-state index contributed by atoms with van der Waals surface area (Å²) in [5.41, 5.74) is 0.0568. The molecule has 2 atom stereocenters. The second-order valence-electron chi connectivity index (χ2n) is 8.56. The lowest BCUT2D eigenvalue weighted by Crippen LogP contribution is -2.55. The molecule has 0 unspecified atom stereocenters. The van der Waals surface area contributed by atoms with Gasteiger partial charge in [0.15, 0.2) is 0 Å². The molecule has 202 valence electrons. The van der Waals surface area contributed by atoms with Gasteiger partial charge in [-0.05, 0) is 12.8 Å². The molecule has 0 bridgehead atoms. The number of carbonyl (C=O) groups is 4. The van der Waals surface area contributed by atoms with Crippen LogP contribution < -0.4 is 0 Å². The first-order chi connectivity index (χ1) is 17.1. The molecule has 2 rings (SSSR count). The molecule has 2 aliphatic rings. The van der Waals surface area contributed by atoms with Crippen molar-refractivity contribution in [2.45, 2.75) is 37.8 Å². The van der Waals surface area contributed by atoms with Crippen LogP contribution in [0.1, 0.15) is 25.7 Å². The van der Waals surface area contributed by atoms with E-state index >= 15 is 0 Å². The average Bonchev–Trinajstić information content (AvgIpc) is 2.88. The lowest BCUT2D eigenvalue weighted by atomic mass is 9.87. The van der Waals surface area contributed by atoms with E-state index in [1.165, 1.54) is 38.2 Å². The van der Waals surface area contributed by atoms with Gasteiger partial charge >= 0.3 is 23.9 Å². The minimum absolute atomic E-state index is 0.0284. The van der Waals surface area contributed by atoms with E-state index in [2.05, 4.69) is 0 Å². The summed E-state index contributed by atoms with van der Waals surface area (Å²) in [6.07, 6.45) is 2.57. The van der Waals surface area contributed by atoms with Gasteiger partial charge in [-0.1, -0.05) is 6.42 Å². The van der Waals surface area contributed by atoms with Crippen molar-refractivity contribution in [3.05, 3.63) is 21.5 Å². The number of rotatable bonds is 12. The highest BCUT2D eigenvalue weighted by molar-refractivity contribution is 5.75. The van der Waals surface area contributed by atoms with E-state index in [-0.39, 0.29) is 50.7 Å². The average molecular weight is 515 g/mol. The largest absolute Gasteiger partial charge is 0.758 e. The zero-order valence-corrected chi connectivity index (χ0v) is 21.1. The fourth-order valence-corrected chi connectivity index (χ4v) is 4.36. The predicted octanol–water partition coefficient (Wildman–Crippen LogP) is -0.602. The smallest absolute Gasteiger partial charge is 0.319 e. The highest BCUT2D eigenvalue weighted by Gasteiger charge is 2.47. The molecule has 1 fully saturated rings. The normalized spacial score (nSPS) is 19.8. The third-order valence-corrected chi connectivity index (χ3v) is 6.23. The van der Waals surface area contributed by atoms with Crippen LogP contribution in [0.5, 0.6) is 0 Å². The summed E-state index contributed by atoms with van der Waals surface area (Å²) < 4.78 is 19.6. The number of esters is 4. The molecule has 1 aliphatic carbocycles. The fraction of sp³-hybridized carbons (Fsp3) is 0.727. The van der Waals surface area contributed by atoms with Gasteiger partial charge in [-0.25, -0.2) is 0 Å². The molecule has 0 amide bonds. The van der Waals surface area contributed by atoms with Crippen LogP contribution in [0.4, 0.5) is 0 Å². The van der Waals surface area contributed by atoms with Crippen LogP contribution in [0, 0.1) is 10.1 Å². The first-order valence-corrected chi connectivity index (χ1v) is 11.5. The zero-order chi connectivity index (χ0) is 26.8. The van der Waals surface area contributed by atoms with E-state index < -0.39 is 36.0 Å². The van der Waals surface area contributed by atoms with Gasteiger partial charge in [-0.3, -0.25) is 29.0 Å². The highest BCUT2D eigenvalue weighted by Crippen LogP contribution is 2.34. The summed E-state index contributed by atoms with van der Waals surface area (Å²) in [6.45, 7) is -1.83. The highest BCUT2D eigenvalue weighted by atomic mass is 16.5. The molecule has 0 radical (unpaired) electrons. The molecule has 0 saturated heterocycles. The quantitative estimate of drug-likeness (QED) is 0.185. The van der Waals surface area contributed by atoms with Crippen LogP contribution in [0.15, 0.2) is 11.4 Å². The lowest BCUT2D eigenvalue weighted by Gasteiger charge is -2.47. The Bertz CT molecular complexity index is 841. The van der Waals surface area contributed by atoms with E-state index in [4.69, 9.17) is 18.9 Å². The van der Waals surface area contributed by atoms with Crippen LogP contribution in [0.2, 0.25) is 0 Å². The molecular weight excluding hydrogens is 480 g/mol. The number of hydrogen-bond donors (Lipinski definition) is 0. The Morgan fingerprint density at radius 3 is 1.67 bits per heavy atom. The van der Waals surface area contributed by atoms with Crippen LogP contribution in [-0.4, -0.2) is 123 Å². The molecule has 14 nitrogen and oxygen atoms in total. The number of nitroso groups, excluding NO2 is 1. The van der Waals surface area contributed by atoms with Crippen molar-refractivity contribution in [3.63, 3.8) is 0 Å². The number of carbonyl (C=O) groups excluding carboxylic acids is 4. The molecule has 14 heteroatoms. The van der Waals surface area contributed by atoms with E-state index in [9.17, 15) is 29.3 Å². The molecule has 0 N–H and O–H groups in total. The Kier molecular flexibility index (Phi) is 11.2. The summed E-state index contributed by atoms with van der Waals surface area (Å²) in [7, 11) is 4.75. The Hall–Kier alpha value is -3.10. The first-order valence-electron chi connectivity index (χ1n) is 11.5. The Balaban J connectivity index is 2.49. The Labute approximate surface area is 209 Å². The van der Waals surface area contributed by atoms with E-state index in [1.54, 1.807) is 0 Å². The number of hydrogen-bond acceptors (Lipinski definition) is 13. The van der Waals surface area contributed by atoms with Gasteiger partial charge in [0.05, 0.1) is 72.9 Å².